The molecule has 1 aromatic rings. The van der Waals surface area contributed by atoms with Gasteiger partial charge >= 0.3 is 12.0 Å². The molecule has 3 N–H and O–H groups in total. The van der Waals surface area contributed by atoms with Crippen molar-refractivity contribution in [3.63, 3.8) is 0 Å². The Labute approximate surface area is 121 Å². The predicted octanol–water partition coefficient (Wildman–Crippen LogP) is 2.22. The van der Waals surface area contributed by atoms with Crippen LogP contribution in [0.3, 0.4) is 0 Å². The van der Waals surface area contributed by atoms with Crippen molar-refractivity contribution >= 4 is 28.3 Å². The Hall–Kier alpha value is -1.60. The summed E-state index contributed by atoms with van der Waals surface area (Å²) in [4.78, 5) is 24.9. The molecule has 0 spiro atoms. The summed E-state index contributed by atoms with van der Waals surface area (Å²) in [6.45, 7) is 0.522. The molecule has 110 valence electrons. The highest BCUT2D eigenvalue weighted by Crippen LogP contribution is 2.25. The van der Waals surface area contributed by atoms with Crippen molar-refractivity contribution in [3.05, 3.63) is 17.0 Å². The van der Waals surface area contributed by atoms with Crippen molar-refractivity contribution in [1.82, 2.24) is 4.90 Å². The predicted molar refractivity (Wildman–Crippen MR) is 76.3 cm³/mol. The monoisotopic (exact) mass is 298 g/mol. The van der Waals surface area contributed by atoms with E-state index >= 15 is 0 Å². The maximum absolute atomic E-state index is 12.3. The number of aliphatic hydroxyl groups excluding tert-OH is 1. The number of rotatable bonds is 3. The lowest BCUT2D eigenvalue weighted by atomic mass is 10.1. The lowest BCUT2D eigenvalue weighted by Crippen LogP contribution is -2.44. The zero-order valence-electron chi connectivity index (χ0n) is 11.0. The molecular formula is C13H18N2O4S. The van der Waals surface area contributed by atoms with Gasteiger partial charge in [-0.15, -0.1) is 11.3 Å². The lowest BCUT2D eigenvalue weighted by Gasteiger charge is -2.28. The molecule has 1 aliphatic heterocycles. The summed E-state index contributed by atoms with van der Waals surface area (Å²) in [6, 6.07) is 0.941. The van der Waals surface area contributed by atoms with E-state index in [0.29, 0.717) is 11.5 Å². The van der Waals surface area contributed by atoms with Gasteiger partial charge in [0.05, 0.1) is 18.2 Å². The summed E-state index contributed by atoms with van der Waals surface area (Å²) in [5.41, 5.74) is 0.0960. The molecule has 2 heterocycles. The summed E-state index contributed by atoms with van der Waals surface area (Å²) in [6.07, 6.45) is 3.72. The highest BCUT2D eigenvalue weighted by Gasteiger charge is 2.26. The summed E-state index contributed by atoms with van der Waals surface area (Å²) in [5, 5.41) is 23.0. The van der Waals surface area contributed by atoms with Gasteiger partial charge in [0, 0.05) is 6.54 Å². The molecule has 1 unspecified atom stereocenters. The zero-order chi connectivity index (χ0) is 14.5. The first-order valence-electron chi connectivity index (χ1n) is 6.62. The minimum atomic E-state index is -1.06. The topological polar surface area (TPSA) is 89.9 Å². The smallest absolute Gasteiger partial charge is 0.338 e. The van der Waals surface area contributed by atoms with Gasteiger partial charge in [-0.05, 0) is 24.3 Å². The van der Waals surface area contributed by atoms with Gasteiger partial charge in [0.15, 0.2) is 0 Å². The maximum Gasteiger partial charge on any atom is 0.338 e. The van der Waals surface area contributed by atoms with Crippen molar-refractivity contribution in [2.24, 2.45) is 0 Å². The Morgan fingerprint density at radius 2 is 2.20 bits per heavy atom. The van der Waals surface area contributed by atoms with Crippen LogP contribution in [-0.4, -0.2) is 46.3 Å². The second-order valence-corrected chi connectivity index (χ2v) is 5.69. The molecule has 7 heteroatoms. The second-order valence-electron chi connectivity index (χ2n) is 4.78. The minimum Gasteiger partial charge on any atom is -0.478 e. The lowest BCUT2D eigenvalue weighted by molar-refractivity contribution is 0.0698. The van der Waals surface area contributed by atoms with E-state index in [1.54, 1.807) is 10.3 Å². The molecule has 0 aliphatic carbocycles. The Morgan fingerprint density at radius 1 is 1.40 bits per heavy atom. The van der Waals surface area contributed by atoms with Crippen molar-refractivity contribution in [1.29, 1.82) is 0 Å². The van der Waals surface area contributed by atoms with Gasteiger partial charge in [-0.25, -0.2) is 9.59 Å². The van der Waals surface area contributed by atoms with Gasteiger partial charge in [-0.1, -0.05) is 12.8 Å². The van der Waals surface area contributed by atoms with Crippen molar-refractivity contribution in [3.8, 4) is 0 Å². The second kappa shape index (κ2) is 6.71. The third-order valence-corrected chi connectivity index (χ3v) is 4.29. The summed E-state index contributed by atoms with van der Waals surface area (Å²) in [7, 11) is 0. The fraction of sp³-hybridized carbons (Fsp3) is 0.538. The van der Waals surface area contributed by atoms with E-state index in [1.165, 1.54) is 17.4 Å². The van der Waals surface area contributed by atoms with E-state index in [1.807, 2.05) is 0 Å². The van der Waals surface area contributed by atoms with Crippen LogP contribution in [0.5, 0.6) is 0 Å². The summed E-state index contributed by atoms with van der Waals surface area (Å²) >= 11 is 1.18. The molecule has 1 atom stereocenters. The van der Waals surface area contributed by atoms with Gasteiger partial charge in [-0.3, -0.25) is 5.32 Å². The van der Waals surface area contributed by atoms with E-state index in [9.17, 15) is 14.7 Å². The van der Waals surface area contributed by atoms with E-state index < -0.39 is 5.97 Å². The van der Waals surface area contributed by atoms with Crippen LogP contribution in [0.1, 0.15) is 36.0 Å². The molecule has 1 fully saturated rings. The number of carbonyl (C=O) groups excluding carboxylic acids is 1. The number of carbonyl (C=O) groups is 2. The van der Waals surface area contributed by atoms with Crippen LogP contribution in [0.25, 0.3) is 0 Å². The molecule has 2 rings (SSSR count). The SMILES string of the molecule is O=C(O)c1ccsc1NC(=O)N1CCCCCC1CO. The molecule has 6 nitrogen and oxygen atoms in total. The molecule has 1 saturated heterocycles. The maximum atomic E-state index is 12.3. The van der Waals surface area contributed by atoms with Crippen molar-refractivity contribution in [2.75, 3.05) is 18.5 Å². The number of carboxylic acid groups (broad SMARTS) is 1. The Morgan fingerprint density at radius 3 is 2.90 bits per heavy atom. The van der Waals surface area contributed by atoms with E-state index in [0.717, 1.165) is 25.7 Å². The minimum absolute atomic E-state index is 0.0658. The number of carboxylic acids is 1. The standard InChI is InChI=1S/C13H18N2O4S/c16-8-9-4-2-1-3-6-15(9)13(19)14-11-10(12(17)18)5-7-20-11/h5,7,9,16H,1-4,6,8H2,(H,14,19)(H,17,18). The van der Waals surface area contributed by atoms with E-state index in [4.69, 9.17) is 5.11 Å². The number of hydrogen-bond acceptors (Lipinski definition) is 4. The van der Waals surface area contributed by atoms with Crippen LogP contribution in [0, 0.1) is 0 Å². The molecule has 1 aromatic heterocycles. The molecule has 0 radical (unpaired) electrons. The fourth-order valence-electron chi connectivity index (χ4n) is 2.38. The van der Waals surface area contributed by atoms with Gasteiger partial charge in [0.25, 0.3) is 0 Å². The number of aliphatic hydroxyl groups is 1. The number of aromatic carboxylic acids is 1. The quantitative estimate of drug-likeness (QED) is 0.798. The van der Waals surface area contributed by atoms with Crippen molar-refractivity contribution < 1.29 is 19.8 Å². The molecular weight excluding hydrogens is 280 g/mol. The Balaban J connectivity index is 2.09. The first-order chi connectivity index (χ1) is 9.63. The molecule has 2 amide bonds. The van der Waals surface area contributed by atoms with Gasteiger partial charge in [0.2, 0.25) is 0 Å². The number of nitrogens with zero attached hydrogens (tertiary/aromatic N) is 1. The third kappa shape index (κ3) is 3.29. The average Bonchev–Trinajstić information content (AvgIpc) is 2.74. The molecule has 0 aromatic carbocycles. The van der Waals surface area contributed by atoms with Crippen molar-refractivity contribution in [2.45, 2.75) is 31.7 Å². The van der Waals surface area contributed by atoms with Crippen LogP contribution >= 0.6 is 11.3 Å². The number of amides is 2. The first kappa shape index (κ1) is 14.8. The number of likely N-dealkylation sites (tertiary alicyclic amines) is 1. The number of nitrogens with one attached hydrogen (secondary N) is 1. The highest BCUT2D eigenvalue weighted by atomic mass is 32.1. The van der Waals surface area contributed by atoms with Gasteiger partial charge in [0.1, 0.15) is 5.00 Å². The van der Waals surface area contributed by atoms with Crippen LogP contribution in [-0.2, 0) is 0 Å². The molecule has 1 aliphatic rings. The average molecular weight is 298 g/mol. The summed E-state index contributed by atoms with van der Waals surface area (Å²) in [5.74, 6) is -1.06. The molecule has 20 heavy (non-hydrogen) atoms. The van der Waals surface area contributed by atoms with Gasteiger partial charge < -0.3 is 15.1 Å². The largest absolute Gasteiger partial charge is 0.478 e. The zero-order valence-corrected chi connectivity index (χ0v) is 11.9. The van der Waals surface area contributed by atoms with Crippen LogP contribution < -0.4 is 5.32 Å². The number of urea groups is 1. The Kier molecular flexibility index (Phi) is 4.97. The van der Waals surface area contributed by atoms with Crippen LogP contribution in [0.15, 0.2) is 11.4 Å². The molecule has 0 saturated carbocycles. The first-order valence-corrected chi connectivity index (χ1v) is 7.50. The van der Waals surface area contributed by atoms with E-state index in [2.05, 4.69) is 5.32 Å². The summed E-state index contributed by atoms with van der Waals surface area (Å²) < 4.78 is 0. The Bertz CT molecular complexity index is 488. The fourth-order valence-corrected chi connectivity index (χ4v) is 3.15. The number of hydrogen-bond donors (Lipinski definition) is 3. The van der Waals surface area contributed by atoms with Crippen LogP contribution in [0.4, 0.5) is 9.80 Å². The van der Waals surface area contributed by atoms with E-state index in [-0.39, 0.29) is 24.2 Å². The van der Waals surface area contributed by atoms with Crippen LogP contribution in [0.2, 0.25) is 0 Å². The molecule has 0 bridgehead atoms. The highest BCUT2D eigenvalue weighted by molar-refractivity contribution is 7.14. The number of thiophene rings is 1. The number of anilines is 1. The normalized spacial score (nSPS) is 19.4. The van der Waals surface area contributed by atoms with Gasteiger partial charge in [-0.2, -0.15) is 0 Å². The third-order valence-electron chi connectivity index (χ3n) is 3.46.